The van der Waals surface area contributed by atoms with Gasteiger partial charge in [-0.1, -0.05) is 0 Å². The van der Waals surface area contributed by atoms with Gasteiger partial charge in [-0.2, -0.15) is 0 Å². The molecular formula is C16H21FN2O3. The average molecular weight is 308 g/mol. The molecule has 1 aromatic rings. The van der Waals surface area contributed by atoms with Crippen molar-refractivity contribution in [1.29, 1.82) is 0 Å². The van der Waals surface area contributed by atoms with Crippen molar-refractivity contribution in [1.82, 2.24) is 10.6 Å². The monoisotopic (exact) mass is 308 g/mol. The molecule has 3 N–H and O–H groups in total. The van der Waals surface area contributed by atoms with Crippen molar-refractivity contribution in [2.75, 3.05) is 19.7 Å². The number of amides is 2. The molecule has 2 amide bonds. The number of hydrogen-bond acceptors (Lipinski definition) is 3. The van der Waals surface area contributed by atoms with Crippen LogP contribution in [0.2, 0.25) is 0 Å². The van der Waals surface area contributed by atoms with E-state index in [1.54, 1.807) is 0 Å². The normalized spacial score (nSPS) is 15.2. The Balaban J connectivity index is 1.59. The zero-order valence-corrected chi connectivity index (χ0v) is 12.4. The molecule has 1 aromatic carbocycles. The van der Waals surface area contributed by atoms with Gasteiger partial charge < -0.3 is 15.7 Å². The van der Waals surface area contributed by atoms with Gasteiger partial charge in [-0.15, -0.1) is 0 Å². The van der Waals surface area contributed by atoms with E-state index in [-0.39, 0.29) is 29.7 Å². The van der Waals surface area contributed by atoms with Crippen LogP contribution in [0.1, 0.15) is 36.0 Å². The highest BCUT2D eigenvalue weighted by molar-refractivity contribution is 5.94. The molecule has 5 nitrogen and oxygen atoms in total. The van der Waals surface area contributed by atoms with Crippen LogP contribution < -0.4 is 10.6 Å². The molecule has 0 saturated heterocycles. The maximum Gasteiger partial charge on any atom is 0.251 e. The number of carbonyl (C=O) groups is 2. The van der Waals surface area contributed by atoms with E-state index < -0.39 is 0 Å². The molecule has 0 spiro atoms. The van der Waals surface area contributed by atoms with Crippen LogP contribution in [-0.2, 0) is 4.79 Å². The fourth-order valence-electron chi connectivity index (χ4n) is 2.10. The summed E-state index contributed by atoms with van der Waals surface area (Å²) in [6.07, 6.45) is 2.77. The quantitative estimate of drug-likeness (QED) is 0.632. The molecular weight excluding hydrogens is 287 g/mol. The molecule has 1 saturated carbocycles. The lowest BCUT2D eigenvalue weighted by Crippen LogP contribution is -2.32. The van der Waals surface area contributed by atoms with Crippen molar-refractivity contribution in [3.05, 3.63) is 35.6 Å². The minimum Gasteiger partial charge on any atom is -0.396 e. The summed E-state index contributed by atoms with van der Waals surface area (Å²) in [5, 5.41) is 14.6. The standard InChI is InChI=1S/C16H21FN2O3/c17-13-5-3-12(4-6-13)15(22)18-9-1-2-14(21)19-10-16(11-20)7-8-16/h3-6,20H,1-2,7-11H2,(H,18,22)(H,19,21). The number of aliphatic hydroxyl groups excluding tert-OH is 1. The first-order valence-corrected chi connectivity index (χ1v) is 7.46. The van der Waals surface area contributed by atoms with Gasteiger partial charge in [-0.05, 0) is 43.5 Å². The smallest absolute Gasteiger partial charge is 0.251 e. The summed E-state index contributed by atoms with van der Waals surface area (Å²) in [5.41, 5.74) is 0.302. The third kappa shape index (κ3) is 4.80. The summed E-state index contributed by atoms with van der Waals surface area (Å²) in [6.45, 7) is 1.01. The van der Waals surface area contributed by atoms with Crippen molar-refractivity contribution < 1.29 is 19.1 Å². The van der Waals surface area contributed by atoms with Crippen LogP contribution in [0.25, 0.3) is 0 Å². The van der Waals surface area contributed by atoms with Gasteiger partial charge in [0, 0.05) is 30.5 Å². The zero-order chi connectivity index (χ0) is 16.0. The fourth-order valence-corrected chi connectivity index (χ4v) is 2.10. The Morgan fingerprint density at radius 2 is 1.86 bits per heavy atom. The van der Waals surface area contributed by atoms with E-state index >= 15 is 0 Å². The SMILES string of the molecule is O=C(CCCNC(=O)c1ccc(F)cc1)NCC1(CO)CC1. The maximum atomic E-state index is 12.7. The number of halogens is 1. The van der Waals surface area contributed by atoms with E-state index in [9.17, 15) is 14.0 Å². The van der Waals surface area contributed by atoms with Crippen molar-refractivity contribution in [2.24, 2.45) is 5.41 Å². The predicted octanol–water partition coefficient (Wildman–Crippen LogP) is 1.22. The summed E-state index contributed by atoms with van der Waals surface area (Å²) >= 11 is 0. The lowest BCUT2D eigenvalue weighted by Gasteiger charge is -2.12. The second kappa shape index (κ2) is 7.35. The van der Waals surface area contributed by atoms with E-state index in [2.05, 4.69) is 10.6 Å². The number of hydrogen-bond donors (Lipinski definition) is 3. The summed E-state index contributed by atoms with van der Waals surface area (Å²) < 4.78 is 12.7. The van der Waals surface area contributed by atoms with E-state index in [4.69, 9.17) is 5.11 Å². The highest BCUT2D eigenvalue weighted by Crippen LogP contribution is 2.44. The number of carbonyl (C=O) groups excluding carboxylic acids is 2. The van der Waals surface area contributed by atoms with Crippen LogP contribution in [0.4, 0.5) is 4.39 Å². The topological polar surface area (TPSA) is 78.4 Å². The Kier molecular flexibility index (Phi) is 5.49. The lowest BCUT2D eigenvalue weighted by atomic mass is 10.1. The second-order valence-electron chi connectivity index (χ2n) is 5.80. The minimum absolute atomic E-state index is 0.0734. The molecule has 0 radical (unpaired) electrons. The number of aliphatic hydroxyl groups is 1. The van der Waals surface area contributed by atoms with Crippen LogP contribution in [0.5, 0.6) is 0 Å². The molecule has 0 aliphatic heterocycles. The molecule has 0 unspecified atom stereocenters. The van der Waals surface area contributed by atoms with Gasteiger partial charge in [0.05, 0.1) is 6.61 Å². The van der Waals surface area contributed by atoms with Crippen molar-refractivity contribution in [3.63, 3.8) is 0 Å². The van der Waals surface area contributed by atoms with Gasteiger partial charge >= 0.3 is 0 Å². The minimum atomic E-state index is -0.385. The third-order valence-electron chi connectivity index (χ3n) is 3.93. The van der Waals surface area contributed by atoms with E-state index in [0.29, 0.717) is 31.5 Å². The molecule has 1 aliphatic carbocycles. The first-order valence-electron chi connectivity index (χ1n) is 7.46. The van der Waals surface area contributed by atoms with Crippen LogP contribution >= 0.6 is 0 Å². The number of rotatable bonds is 8. The molecule has 0 heterocycles. The molecule has 22 heavy (non-hydrogen) atoms. The highest BCUT2D eigenvalue weighted by atomic mass is 19.1. The van der Waals surface area contributed by atoms with Gasteiger partial charge in [0.25, 0.3) is 5.91 Å². The van der Waals surface area contributed by atoms with E-state index in [1.807, 2.05) is 0 Å². The van der Waals surface area contributed by atoms with Crippen molar-refractivity contribution in [3.8, 4) is 0 Å². The van der Waals surface area contributed by atoms with Crippen LogP contribution in [-0.4, -0.2) is 36.6 Å². The van der Waals surface area contributed by atoms with Gasteiger partial charge in [0.1, 0.15) is 5.82 Å². The predicted molar refractivity (Wildman–Crippen MR) is 79.7 cm³/mol. The molecule has 1 fully saturated rings. The third-order valence-corrected chi connectivity index (χ3v) is 3.93. The summed E-state index contributed by atoms with van der Waals surface area (Å²) in [6, 6.07) is 5.30. The number of benzene rings is 1. The maximum absolute atomic E-state index is 12.7. The van der Waals surface area contributed by atoms with Gasteiger partial charge in [0.15, 0.2) is 0 Å². The average Bonchev–Trinajstić information content (AvgIpc) is 3.31. The van der Waals surface area contributed by atoms with Gasteiger partial charge in [-0.3, -0.25) is 9.59 Å². The first-order chi connectivity index (χ1) is 10.5. The second-order valence-corrected chi connectivity index (χ2v) is 5.80. The molecule has 2 rings (SSSR count). The fraction of sp³-hybridized carbons (Fsp3) is 0.500. The lowest BCUT2D eigenvalue weighted by molar-refractivity contribution is -0.121. The van der Waals surface area contributed by atoms with Gasteiger partial charge in [0.2, 0.25) is 5.91 Å². The molecule has 0 aromatic heterocycles. The van der Waals surface area contributed by atoms with E-state index in [0.717, 1.165) is 12.8 Å². The molecule has 1 aliphatic rings. The molecule has 6 heteroatoms. The molecule has 120 valence electrons. The zero-order valence-electron chi connectivity index (χ0n) is 12.4. The Bertz CT molecular complexity index is 527. The summed E-state index contributed by atoms with van der Waals surface area (Å²) in [5.74, 6) is -0.738. The highest BCUT2D eigenvalue weighted by Gasteiger charge is 2.41. The Labute approximate surface area is 128 Å². The largest absolute Gasteiger partial charge is 0.396 e. The van der Waals surface area contributed by atoms with Crippen LogP contribution in [0, 0.1) is 11.2 Å². The summed E-state index contributed by atoms with van der Waals surface area (Å²) in [4.78, 5) is 23.4. The molecule has 0 atom stereocenters. The van der Waals surface area contributed by atoms with Crippen molar-refractivity contribution >= 4 is 11.8 Å². The number of nitrogens with one attached hydrogen (secondary N) is 2. The van der Waals surface area contributed by atoms with E-state index in [1.165, 1.54) is 24.3 Å². The summed E-state index contributed by atoms with van der Waals surface area (Å²) in [7, 11) is 0. The molecule has 0 bridgehead atoms. The van der Waals surface area contributed by atoms with Crippen LogP contribution in [0.3, 0.4) is 0 Å². The Morgan fingerprint density at radius 1 is 1.18 bits per heavy atom. The van der Waals surface area contributed by atoms with Gasteiger partial charge in [-0.25, -0.2) is 4.39 Å². The van der Waals surface area contributed by atoms with Crippen LogP contribution in [0.15, 0.2) is 24.3 Å². The Hall–Kier alpha value is -1.95. The Morgan fingerprint density at radius 3 is 2.45 bits per heavy atom. The van der Waals surface area contributed by atoms with Crippen molar-refractivity contribution in [2.45, 2.75) is 25.7 Å². The first kappa shape index (κ1) is 16.4.